The zero-order valence-electron chi connectivity index (χ0n) is 17.2. The Kier molecular flexibility index (Phi) is 6.50. The number of ether oxygens (including phenoxy) is 1. The summed E-state index contributed by atoms with van der Waals surface area (Å²) in [5.74, 6) is -0.165. The van der Waals surface area contributed by atoms with Crippen molar-refractivity contribution in [3.8, 4) is 5.75 Å². The van der Waals surface area contributed by atoms with Crippen molar-refractivity contribution in [1.29, 1.82) is 0 Å². The molecule has 0 spiro atoms. The van der Waals surface area contributed by atoms with Crippen molar-refractivity contribution >= 4 is 17.3 Å². The highest BCUT2D eigenvalue weighted by atomic mass is 32.1. The quantitative estimate of drug-likeness (QED) is 0.546. The van der Waals surface area contributed by atoms with Gasteiger partial charge in [-0.25, -0.2) is 0 Å². The van der Waals surface area contributed by atoms with Gasteiger partial charge in [0.15, 0.2) is 0 Å². The zero-order valence-corrected chi connectivity index (χ0v) is 18.0. The van der Waals surface area contributed by atoms with Crippen LogP contribution in [0.15, 0.2) is 66.7 Å². The van der Waals surface area contributed by atoms with E-state index in [-0.39, 0.29) is 12.0 Å². The molecule has 0 bridgehead atoms. The Hall–Kier alpha value is -2.63. The van der Waals surface area contributed by atoms with Gasteiger partial charge in [-0.05, 0) is 61.7 Å². The summed E-state index contributed by atoms with van der Waals surface area (Å²) in [6.45, 7) is 4.12. The van der Waals surface area contributed by atoms with E-state index < -0.39 is 5.97 Å². The van der Waals surface area contributed by atoms with Crippen LogP contribution in [-0.2, 0) is 11.4 Å². The summed E-state index contributed by atoms with van der Waals surface area (Å²) in [6, 6.07) is 22.7. The fourth-order valence-electron chi connectivity index (χ4n) is 4.11. The Balaban J connectivity index is 1.60. The highest BCUT2D eigenvalue weighted by molar-refractivity contribution is 7.12. The number of benzene rings is 2. The van der Waals surface area contributed by atoms with Gasteiger partial charge in [-0.2, -0.15) is 0 Å². The van der Waals surface area contributed by atoms with Crippen LogP contribution in [0.4, 0.5) is 0 Å². The summed E-state index contributed by atoms with van der Waals surface area (Å²) >= 11 is 1.78. The van der Waals surface area contributed by atoms with E-state index in [0.717, 1.165) is 36.3 Å². The molecular formula is C25H27NO3S. The van der Waals surface area contributed by atoms with Gasteiger partial charge in [-0.1, -0.05) is 42.5 Å². The average Bonchev–Trinajstić information content (AvgIpc) is 3.19. The molecule has 0 radical (unpaired) electrons. The van der Waals surface area contributed by atoms with Gasteiger partial charge >= 0.3 is 5.97 Å². The Morgan fingerprint density at radius 1 is 1.17 bits per heavy atom. The van der Waals surface area contributed by atoms with Crippen molar-refractivity contribution < 1.29 is 14.6 Å². The van der Waals surface area contributed by atoms with Gasteiger partial charge in [-0.15, -0.1) is 11.3 Å². The van der Waals surface area contributed by atoms with Gasteiger partial charge in [0.05, 0.1) is 12.0 Å². The Labute approximate surface area is 181 Å². The van der Waals surface area contributed by atoms with Crippen LogP contribution in [0.3, 0.4) is 0 Å². The normalized spacial score (nSPS) is 18.1. The summed E-state index contributed by atoms with van der Waals surface area (Å²) in [7, 11) is 0. The number of carboxylic acid groups (broad SMARTS) is 1. The number of likely N-dealkylation sites (tertiary alicyclic amines) is 1. The zero-order chi connectivity index (χ0) is 20.9. The molecule has 0 aliphatic carbocycles. The summed E-state index contributed by atoms with van der Waals surface area (Å²) in [5, 5.41) is 9.56. The van der Waals surface area contributed by atoms with Crippen LogP contribution in [0.5, 0.6) is 5.75 Å². The van der Waals surface area contributed by atoms with Crippen LogP contribution < -0.4 is 4.74 Å². The molecule has 2 aromatic carbocycles. The minimum atomic E-state index is -0.694. The molecule has 1 aliphatic rings. The SMILES string of the molecule is Cc1ccc(C(c2cccc(OCc3ccccc3)c2)N2CCCC(C(=O)O)C2)s1. The van der Waals surface area contributed by atoms with Crippen molar-refractivity contribution in [2.24, 2.45) is 5.92 Å². The molecule has 1 N–H and O–H groups in total. The molecular weight excluding hydrogens is 394 g/mol. The molecule has 2 heterocycles. The van der Waals surface area contributed by atoms with E-state index >= 15 is 0 Å². The van der Waals surface area contributed by atoms with Crippen molar-refractivity contribution in [3.63, 3.8) is 0 Å². The molecule has 156 valence electrons. The third-order valence-corrected chi connectivity index (χ3v) is 6.67. The number of carbonyl (C=O) groups is 1. The lowest BCUT2D eigenvalue weighted by Crippen LogP contribution is -2.41. The number of hydrogen-bond acceptors (Lipinski definition) is 4. The highest BCUT2D eigenvalue weighted by Crippen LogP contribution is 2.37. The van der Waals surface area contributed by atoms with Gasteiger partial charge < -0.3 is 9.84 Å². The molecule has 5 heteroatoms. The van der Waals surface area contributed by atoms with E-state index in [1.54, 1.807) is 11.3 Å². The maximum atomic E-state index is 11.6. The van der Waals surface area contributed by atoms with E-state index in [0.29, 0.717) is 13.2 Å². The van der Waals surface area contributed by atoms with E-state index in [4.69, 9.17) is 4.74 Å². The van der Waals surface area contributed by atoms with Crippen LogP contribution in [0.25, 0.3) is 0 Å². The van der Waals surface area contributed by atoms with Gasteiger partial charge in [0.25, 0.3) is 0 Å². The number of piperidine rings is 1. The molecule has 0 saturated carbocycles. The Morgan fingerprint density at radius 3 is 2.73 bits per heavy atom. The van der Waals surface area contributed by atoms with Crippen LogP contribution in [-0.4, -0.2) is 29.1 Å². The maximum absolute atomic E-state index is 11.6. The van der Waals surface area contributed by atoms with Crippen molar-refractivity contribution in [2.45, 2.75) is 32.4 Å². The summed E-state index contributed by atoms with van der Waals surface area (Å²) in [4.78, 5) is 16.5. The molecule has 0 amide bonds. The third kappa shape index (κ3) is 4.91. The molecule has 4 rings (SSSR count). The lowest BCUT2D eigenvalue weighted by molar-refractivity contribution is -0.143. The monoisotopic (exact) mass is 421 g/mol. The summed E-state index contributed by atoms with van der Waals surface area (Å²) in [6.07, 6.45) is 1.66. The fraction of sp³-hybridized carbons (Fsp3) is 0.320. The van der Waals surface area contributed by atoms with Crippen molar-refractivity contribution in [3.05, 3.63) is 87.6 Å². The molecule has 2 unspecified atom stereocenters. The van der Waals surface area contributed by atoms with Crippen molar-refractivity contribution in [1.82, 2.24) is 4.90 Å². The van der Waals surface area contributed by atoms with E-state index in [1.807, 2.05) is 30.3 Å². The molecule has 4 nitrogen and oxygen atoms in total. The average molecular weight is 422 g/mol. The Morgan fingerprint density at radius 2 is 2.00 bits per heavy atom. The van der Waals surface area contributed by atoms with Crippen LogP contribution in [0, 0.1) is 12.8 Å². The Bertz CT molecular complexity index is 985. The lowest BCUT2D eigenvalue weighted by Gasteiger charge is -2.37. The summed E-state index contributed by atoms with van der Waals surface area (Å²) in [5.41, 5.74) is 2.28. The largest absolute Gasteiger partial charge is 0.489 e. The number of aryl methyl sites for hydroxylation is 1. The van der Waals surface area contributed by atoms with Crippen LogP contribution in [0.1, 0.15) is 39.8 Å². The summed E-state index contributed by atoms with van der Waals surface area (Å²) < 4.78 is 6.06. The fourth-order valence-corrected chi connectivity index (χ4v) is 5.15. The minimum absolute atomic E-state index is 0.0473. The second kappa shape index (κ2) is 9.45. The predicted octanol–water partition coefficient (Wildman–Crippen LogP) is 5.52. The van der Waals surface area contributed by atoms with Gasteiger partial charge in [-0.3, -0.25) is 9.69 Å². The van der Waals surface area contributed by atoms with E-state index in [2.05, 4.69) is 48.2 Å². The number of hydrogen-bond donors (Lipinski definition) is 1. The maximum Gasteiger partial charge on any atom is 0.307 e. The number of aliphatic carboxylic acids is 1. The van der Waals surface area contributed by atoms with E-state index in [1.165, 1.54) is 9.75 Å². The first kappa shape index (κ1) is 20.6. The van der Waals surface area contributed by atoms with Gasteiger partial charge in [0.2, 0.25) is 0 Å². The van der Waals surface area contributed by atoms with Gasteiger partial charge in [0, 0.05) is 16.3 Å². The van der Waals surface area contributed by atoms with Gasteiger partial charge in [0.1, 0.15) is 12.4 Å². The molecule has 1 fully saturated rings. The number of nitrogens with zero attached hydrogens (tertiary/aromatic N) is 1. The molecule has 2 atom stereocenters. The molecule has 30 heavy (non-hydrogen) atoms. The third-order valence-electron chi connectivity index (χ3n) is 5.62. The molecule has 1 aliphatic heterocycles. The predicted molar refractivity (Wildman–Crippen MR) is 120 cm³/mol. The lowest BCUT2D eigenvalue weighted by atomic mass is 9.94. The number of carboxylic acids is 1. The number of thiophene rings is 1. The molecule has 3 aromatic rings. The smallest absolute Gasteiger partial charge is 0.307 e. The molecule has 1 aromatic heterocycles. The minimum Gasteiger partial charge on any atom is -0.489 e. The first-order valence-electron chi connectivity index (χ1n) is 10.4. The topological polar surface area (TPSA) is 49.8 Å². The second-order valence-corrected chi connectivity index (χ2v) is 9.19. The van der Waals surface area contributed by atoms with Crippen molar-refractivity contribution in [2.75, 3.05) is 13.1 Å². The first-order valence-corrected chi connectivity index (χ1v) is 11.2. The standard InChI is InChI=1S/C25H27NO3S/c1-18-12-13-23(30-18)24(26-14-6-10-21(16-26)25(27)28)20-9-5-11-22(15-20)29-17-19-7-3-2-4-8-19/h2-5,7-9,11-13,15,21,24H,6,10,14,16-17H2,1H3,(H,27,28). The van der Waals surface area contributed by atoms with Crippen LogP contribution >= 0.6 is 11.3 Å². The first-order chi connectivity index (χ1) is 14.6. The number of rotatable bonds is 7. The molecule has 1 saturated heterocycles. The second-order valence-electron chi connectivity index (χ2n) is 7.87. The van der Waals surface area contributed by atoms with Crippen LogP contribution in [0.2, 0.25) is 0 Å². The van der Waals surface area contributed by atoms with E-state index in [9.17, 15) is 9.90 Å². The highest BCUT2D eigenvalue weighted by Gasteiger charge is 2.32.